The molecular weight excluding hydrogens is 614 g/mol. The molecular formula is C35H33BClFN8O. The fourth-order valence-corrected chi connectivity index (χ4v) is 6.36. The second kappa shape index (κ2) is 13.3. The third-order valence-corrected chi connectivity index (χ3v) is 9.17. The van der Waals surface area contributed by atoms with Crippen LogP contribution in [-0.4, -0.2) is 65.6 Å². The molecule has 0 spiro atoms. The van der Waals surface area contributed by atoms with Gasteiger partial charge < -0.3 is 15.4 Å². The monoisotopic (exact) mass is 646 g/mol. The van der Waals surface area contributed by atoms with Crippen molar-refractivity contribution in [2.75, 3.05) is 43.5 Å². The maximum Gasteiger partial charge on any atom is 0.123 e. The Kier molecular flexibility index (Phi) is 8.82. The number of fused-ring (bicyclic) bond motifs is 1. The summed E-state index contributed by atoms with van der Waals surface area (Å²) in [7, 11) is 7.12. The highest BCUT2D eigenvalue weighted by Gasteiger charge is 2.34. The molecule has 9 nitrogen and oxygen atoms in total. The van der Waals surface area contributed by atoms with E-state index in [0.717, 1.165) is 57.7 Å². The summed E-state index contributed by atoms with van der Waals surface area (Å²) in [6.45, 7) is 4.09. The Hall–Kier alpha value is -4.50. The molecule has 0 amide bonds. The minimum absolute atomic E-state index is 0.0996. The van der Waals surface area contributed by atoms with E-state index in [-0.39, 0.29) is 11.9 Å². The molecule has 5 aromatic rings. The molecule has 1 saturated heterocycles. The first-order valence-corrected chi connectivity index (χ1v) is 16.2. The zero-order valence-corrected chi connectivity index (χ0v) is 26.5. The summed E-state index contributed by atoms with van der Waals surface area (Å²) in [5.74, 6) is -0.376. The first-order chi connectivity index (χ1) is 22.9. The third kappa shape index (κ3) is 6.68. The van der Waals surface area contributed by atoms with Crippen LogP contribution in [0.1, 0.15) is 53.7 Å². The molecule has 2 radical (unpaired) electrons. The second-order valence-electron chi connectivity index (χ2n) is 12.1. The number of anilines is 2. The zero-order valence-electron chi connectivity index (χ0n) is 25.7. The molecule has 1 unspecified atom stereocenters. The molecule has 2 fully saturated rings. The highest BCUT2D eigenvalue weighted by atomic mass is 35.5. The largest absolute Gasteiger partial charge is 0.379 e. The summed E-state index contributed by atoms with van der Waals surface area (Å²) in [6.07, 6.45) is 6.25. The van der Waals surface area contributed by atoms with Gasteiger partial charge in [-0.25, -0.2) is 9.07 Å². The number of rotatable bonds is 11. The topological polar surface area (TPSA) is 104 Å². The first-order valence-electron chi connectivity index (χ1n) is 15.8. The van der Waals surface area contributed by atoms with Gasteiger partial charge in [0.2, 0.25) is 0 Å². The summed E-state index contributed by atoms with van der Waals surface area (Å²) in [5.41, 5.74) is 2.92. The SMILES string of the molecule is [B]C(Nc1cc(Cl)c2ncc(C#N)c(N[C@H](CCN3CCOCC3)c3ccccc3)c2c1)(c1ccc(F)cc1)c1cn(C2CC2)nn1. The Morgan fingerprint density at radius 3 is 2.60 bits per heavy atom. The Morgan fingerprint density at radius 2 is 1.87 bits per heavy atom. The molecule has 1 aliphatic heterocycles. The van der Waals surface area contributed by atoms with E-state index in [2.05, 4.69) is 49.0 Å². The van der Waals surface area contributed by atoms with Crippen molar-refractivity contribution in [3.63, 3.8) is 0 Å². The van der Waals surface area contributed by atoms with Gasteiger partial charge in [0.25, 0.3) is 0 Å². The number of nitriles is 1. The predicted molar refractivity (Wildman–Crippen MR) is 181 cm³/mol. The lowest BCUT2D eigenvalue weighted by Crippen LogP contribution is -2.38. The van der Waals surface area contributed by atoms with Gasteiger partial charge in [0, 0.05) is 36.9 Å². The molecule has 1 saturated carbocycles. The van der Waals surface area contributed by atoms with Crippen LogP contribution >= 0.6 is 11.6 Å². The van der Waals surface area contributed by atoms with E-state index < -0.39 is 5.44 Å². The lowest BCUT2D eigenvalue weighted by atomic mass is 9.69. The quantitative estimate of drug-likeness (QED) is 0.164. The van der Waals surface area contributed by atoms with Crippen LogP contribution in [0.2, 0.25) is 5.02 Å². The summed E-state index contributed by atoms with van der Waals surface area (Å²) in [6, 6.07) is 22.3. The van der Waals surface area contributed by atoms with Crippen molar-refractivity contribution < 1.29 is 9.13 Å². The number of benzene rings is 3. The van der Waals surface area contributed by atoms with E-state index >= 15 is 0 Å². The Balaban J connectivity index is 1.28. The van der Waals surface area contributed by atoms with Gasteiger partial charge in [-0.3, -0.25) is 9.88 Å². The van der Waals surface area contributed by atoms with Crippen molar-refractivity contribution in [2.24, 2.45) is 0 Å². The highest BCUT2D eigenvalue weighted by molar-refractivity contribution is 6.36. The lowest BCUT2D eigenvalue weighted by molar-refractivity contribution is 0.0368. The number of nitrogens with one attached hydrogen (secondary N) is 2. The number of ether oxygens (including phenoxy) is 1. The van der Waals surface area contributed by atoms with E-state index in [1.807, 2.05) is 35.1 Å². The van der Waals surface area contributed by atoms with Crippen LogP contribution in [0.25, 0.3) is 10.9 Å². The second-order valence-corrected chi connectivity index (χ2v) is 12.5. The zero-order chi connectivity index (χ0) is 32.4. The van der Waals surface area contributed by atoms with Crippen molar-refractivity contribution in [3.05, 3.63) is 112 Å². The van der Waals surface area contributed by atoms with E-state index in [4.69, 9.17) is 24.2 Å². The van der Waals surface area contributed by atoms with Gasteiger partial charge in [-0.1, -0.05) is 59.3 Å². The molecule has 2 aromatic heterocycles. The molecule has 0 bridgehead atoms. The summed E-state index contributed by atoms with van der Waals surface area (Å²) in [4.78, 5) is 6.96. The summed E-state index contributed by atoms with van der Waals surface area (Å²) < 4.78 is 21.4. The van der Waals surface area contributed by atoms with Crippen LogP contribution in [-0.2, 0) is 10.2 Å². The third-order valence-electron chi connectivity index (χ3n) is 8.88. The highest BCUT2D eigenvalue weighted by Crippen LogP contribution is 2.39. The maximum atomic E-state index is 14.0. The van der Waals surface area contributed by atoms with E-state index in [9.17, 15) is 9.65 Å². The number of nitrogens with zero attached hydrogens (tertiary/aromatic N) is 6. The first kappa shape index (κ1) is 31.1. The fraction of sp³-hybridized carbons (Fsp3) is 0.314. The smallest absolute Gasteiger partial charge is 0.123 e. The molecule has 7 rings (SSSR count). The molecule has 3 heterocycles. The molecule has 236 valence electrons. The van der Waals surface area contributed by atoms with Gasteiger partial charge in [-0.15, -0.1) is 5.10 Å². The number of hydrogen-bond donors (Lipinski definition) is 2. The van der Waals surface area contributed by atoms with Gasteiger partial charge in [-0.05, 0) is 54.7 Å². The number of hydrogen-bond acceptors (Lipinski definition) is 8. The van der Waals surface area contributed by atoms with Crippen molar-refractivity contribution >= 4 is 41.7 Å². The minimum atomic E-state index is -1.38. The summed E-state index contributed by atoms with van der Waals surface area (Å²) in [5, 5.41) is 27.1. The lowest BCUT2D eigenvalue weighted by Gasteiger charge is -2.32. The van der Waals surface area contributed by atoms with Gasteiger partial charge in [-0.2, -0.15) is 5.26 Å². The van der Waals surface area contributed by atoms with Crippen molar-refractivity contribution in [2.45, 2.75) is 36.8 Å². The van der Waals surface area contributed by atoms with E-state index in [1.165, 1.54) is 12.1 Å². The van der Waals surface area contributed by atoms with Gasteiger partial charge in [0.05, 0.1) is 58.7 Å². The Labute approximate surface area is 279 Å². The standard InChI is InChI=1S/C35H33BClFN8O/c36-35(25-6-8-26(38)9-7-25,32-22-46(44-43-32)28-10-11-28)42-27-18-29-33(24(20-39)21-40-34(29)30(37)19-27)41-31(23-4-2-1-3-5-23)12-13-45-14-16-47-17-15-45/h1-9,18-19,21-22,28,31,42H,10-17H2,(H,40,41)/t31-,35?/m1/s1. The number of morpholine rings is 1. The minimum Gasteiger partial charge on any atom is -0.379 e. The van der Waals surface area contributed by atoms with Crippen molar-refractivity contribution in [1.29, 1.82) is 5.26 Å². The number of pyridine rings is 1. The summed E-state index contributed by atoms with van der Waals surface area (Å²) >= 11 is 6.89. The fourth-order valence-electron chi connectivity index (χ4n) is 6.09. The normalized spacial score (nSPS) is 17.1. The maximum absolute atomic E-state index is 14.0. The van der Waals surface area contributed by atoms with Crippen LogP contribution in [0.5, 0.6) is 0 Å². The molecule has 12 heteroatoms. The number of aromatic nitrogens is 4. The average Bonchev–Trinajstić information content (AvgIpc) is 3.83. The van der Waals surface area contributed by atoms with Gasteiger partial charge >= 0.3 is 0 Å². The van der Waals surface area contributed by atoms with Crippen LogP contribution in [0.15, 0.2) is 79.1 Å². The van der Waals surface area contributed by atoms with E-state index in [1.54, 1.807) is 24.4 Å². The Morgan fingerprint density at radius 1 is 1.11 bits per heavy atom. The van der Waals surface area contributed by atoms with Gasteiger partial charge in [0.1, 0.15) is 25.4 Å². The molecule has 2 aliphatic rings. The molecule has 1 aliphatic carbocycles. The molecule has 2 atom stereocenters. The van der Waals surface area contributed by atoms with Crippen LogP contribution in [0, 0.1) is 17.1 Å². The average molecular weight is 647 g/mol. The molecule has 3 aromatic carbocycles. The molecule has 2 N–H and O–H groups in total. The Bertz CT molecular complexity index is 1910. The molecule has 47 heavy (non-hydrogen) atoms. The predicted octanol–water partition coefficient (Wildman–Crippen LogP) is 6.18. The van der Waals surface area contributed by atoms with Crippen LogP contribution in [0.4, 0.5) is 15.8 Å². The van der Waals surface area contributed by atoms with Gasteiger partial charge in [0.15, 0.2) is 0 Å². The van der Waals surface area contributed by atoms with Crippen LogP contribution < -0.4 is 10.6 Å². The van der Waals surface area contributed by atoms with E-state index in [0.29, 0.717) is 50.2 Å². The van der Waals surface area contributed by atoms with Crippen LogP contribution in [0.3, 0.4) is 0 Å². The number of halogens is 2. The van der Waals surface area contributed by atoms with Crippen molar-refractivity contribution in [1.82, 2.24) is 24.9 Å². The van der Waals surface area contributed by atoms with Crippen molar-refractivity contribution in [3.8, 4) is 6.07 Å².